The third kappa shape index (κ3) is 3.46. The molecule has 1 saturated heterocycles. The van der Waals surface area contributed by atoms with Gasteiger partial charge < -0.3 is 5.73 Å². The number of carbonyl (C=O) groups excluding carboxylic acids is 2. The van der Waals surface area contributed by atoms with Gasteiger partial charge in [0.15, 0.2) is 4.32 Å². The Kier molecular flexibility index (Phi) is 5.06. The molecule has 9 heteroatoms. The molecule has 2 aromatic carbocycles. The zero-order chi connectivity index (χ0) is 19.7. The van der Waals surface area contributed by atoms with Crippen LogP contribution in [0.25, 0.3) is 5.57 Å². The highest BCUT2D eigenvalue weighted by Gasteiger charge is 2.36. The number of anilines is 1. The van der Waals surface area contributed by atoms with Gasteiger partial charge in [0.1, 0.15) is 0 Å². The first kappa shape index (κ1) is 18.7. The number of para-hydroxylation sites is 1. The van der Waals surface area contributed by atoms with Crippen molar-refractivity contribution in [3.63, 3.8) is 0 Å². The minimum atomic E-state index is -0.657. The largest absolute Gasteiger partial charge is 0.366 e. The van der Waals surface area contributed by atoms with E-state index in [0.29, 0.717) is 21.7 Å². The van der Waals surface area contributed by atoms with Gasteiger partial charge in [0, 0.05) is 12.1 Å². The lowest BCUT2D eigenvalue weighted by Crippen LogP contribution is -2.30. The number of carbonyl (C=O) groups is 2. The summed E-state index contributed by atoms with van der Waals surface area (Å²) in [5.74, 6) is -1.02. The number of nitro benzene ring substituents is 1. The monoisotopic (exact) mass is 399 g/mol. The summed E-state index contributed by atoms with van der Waals surface area (Å²) in [6.45, 7) is 1.74. The topological polar surface area (TPSA) is 107 Å². The highest BCUT2D eigenvalue weighted by Crippen LogP contribution is 2.40. The number of rotatable bonds is 4. The maximum absolute atomic E-state index is 13.0. The van der Waals surface area contributed by atoms with E-state index in [1.165, 1.54) is 23.1 Å². The van der Waals surface area contributed by atoms with Crippen LogP contribution in [-0.2, 0) is 4.79 Å². The van der Waals surface area contributed by atoms with E-state index in [0.717, 1.165) is 11.8 Å². The minimum Gasteiger partial charge on any atom is -0.366 e. The van der Waals surface area contributed by atoms with Crippen LogP contribution >= 0.6 is 24.0 Å². The van der Waals surface area contributed by atoms with E-state index in [1.54, 1.807) is 37.3 Å². The molecule has 0 spiro atoms. The number of nitrogens with two attached hydrogens (primary N) is 1. The molecule has 1 fully saturated rings. The lowest BCUT2D eigenvalue weighted by Gasteiger charge is -2.17. The maximum atomic E-state index is 13.0. The van der Waals surface area contributed by atoms with Gasteiger partial charge in [0.2, 0.25) is 0 Å². The van der Waals surface area contributed by atoms with E-state index in [1.807, 2.05) is 0 Å². The number of hydrogen-bond donors (Lipinski definition) is 1. The van der Waals surface area contributed by atoms with Crippen molar-refractivity contribution in [2.75, 3.05) is 4.90 Å². The zero-order valence-corrected chi connectivity index (χ0v) is 15.7. The second-order valence-corrected chi connectivity index (χ2v) is 7.29. The molecule has 7 nitrogen and oxygen atoms in total. The first-order valence-electron chi connectivity index (χ1n) is 7.72. The van der Waals surface area contributed by atoms with Crippen molar-refractivity contribution >= 4 is 57.1 Å². The van der Waals surface area contributed by atoms with Crippen molar-refractivity contribution in [3.05, 3.63) is 74.7 Å². The molecule has 27 heavy (non-hydrogen) atoms. The lowest BCUT2D eigenvalue weighted by atomic mass is 10.1. The quantitative estimate of drug-likeness (QED) is 0.365. The van der Waals surface area contributed by atoms with E-state index in [2.05, 4.69) is 0 Å². The van der Waals surface area contributed by atoms with Crippen molar-refractivity contribution in [1.82, 2.24) is 0 Å². The number of hydrogen-bond acceptors (Lipinski definition) is 6. The summed E-state index contributed by atoms with van der Waals surface area (Å²) in [4.78, 5) is 36.6. The SMILES string of the molecule is C/C(=C1/SC(=S)N(c2ccccc2C(N)=O)C1=O)c1ccc([N+](=O)[O-])cc1. The molecule has 3 rings (SSSR count). The van der Waals surface area contributed by atoms with Gasteiger partial charge in [-0.1, -0.05) is 36.1 Å². The number of nitro groups is 1. The number of benzene rings is 2. The summed E-state index contributed by atoms with van der Waals surface area (Å²) < 4.78 is 0.282. The second kappa shape index (κ2) is 7.29. The third-order valence-corrected chi connectivity index (χ3v) is 5.51. The molecule has 1 aliphatic heterocycles. The lowest BCUT2D eigenvalue weighted by molar-refractivity contribution is -0.384. The third-order valence-electron chi connectivity index (χ3n) is 4.03. The summed E-state index contributed by atoms with van der Waals surface area (Å²) in [7, 11) is 0. The Morgan fingerprint density at radius 1 is 1.19 bits per heavy atom. The van der Waals surface area contributed by atoms with Crippen LogP contribution in [0.1, 0.15) is 22.8 Å². The Morgan fingerprint density at radius 3 is 2.41 bits per heavy atom. The average Bonchev–Trinajstić information content (AvgIpc) is 2.95. The maximum Gasteiger partial charge on any atom is 0.271 e. The molecular weight excluding hydrogens is 386 g/mol. The molecule has 0 aromatic heterocycles. The van der Waals surface area contributed by atoms with Crippen molar-refractivity contribution in [2.45, 2.75) is 6.92 Å². The first-order chi connectivity index (χ1) is 12.8. The summed E-state index contributed by atoms with van der Waals surface area (Å²) in [6, 6.07) is 12.4. The molecular formula is C18H13N3O4S2. The fraction of sp³-hybridized carbons (Fsp3) is 0.0556. The smallest absolute Gasteiger partial charge is 0.271 e. The van der Waals surface area contributed by atoms with Crippen molar-refractivity contribution < 1.29 is 14.5 Å². The van der Waals surface area contributed by atoms with Gasteiger partial charge in [-0.05, 0) is 42.3 Å². The number of thiocarbonyl (C=S) groups is 1. The highest BCUT2D eigenvalue weighted by atomic mass is 32.2. The number of non-ortho nitro benzene ring substituents is 1. The minimum absolute atomic E-state index is 0.0329. The average molecular weight is 399 g/mol. The van der Waals surface area contributed by atoms with Crippen LogP contribution in [0.15, 0.2) is 53.4 Å². The predicted molar refractivity (Wildman–Crippen MR) is 108 cm³/mol. The predicted octanol–water partition coefficient (Wildman–Crippen LogP) is 3.49. The van der Waals surface area contributed by atoms with E-state index < -0.39 is 10.8 Å². The molecule has 0 aliphatic carbocycles. The Labute approximate surface area is 164 Å². The molecule has 1 heterocycles. The summed E-state index contributed by atoms with van der Waals surface area (Å²) in [5, 5.41) is 10.8. The van der Waals surface area contributed by atoms with E-state index in [-0.39, 0.29) is 21.5 Å². The number of primary amides is 1. The standard InChI is InChI=1S/C18H13N3O4S2/c1-10(11-6-8-12(9-7-11)21(24)25)15-17(23)20(18(26)27-15)14-5-3-2-4-13(14)16(19)22/h2-9H,1H3,(H2,19,22)/b15-10-. The van der Waals surface area contributed by atoms with Gasteiger partial charge >= 0.3 is 0 Å². The summed E-state index contributed by atoms with van der Waals surface area (Å²) >= 11 is 6.45. The molecule has 2 aromatic rings. The molecule has 0 atom stereocenters. The van der Waals surface area contributed by atoms with Crippen molar-refractivity contribution in [3.8, 4) is 0 Å². The van der Waals surface area contributed by atoms with Crippen LogP contribution in [0.5, 0.6) is 0 Å². The number of allylic oxidation sites excluding steroid dienone is 1. The van der Waals surface area contributed by atoms with Crippen molar-refractivity contribution in [2.24, 2.45) is 5.73 Å². The first-order valence-corrected chi connectivity index (χ1v) is 8.94. The molecule has 136 valence electrons. The van der Waals surface area contributed by atoms with Gasteiger partial charge in [-0.25, -0.2) is 0 Å². The van der Waals surface area contributed by atoms with E-state index >= 15 is 0 Å². The molecule has 0 unspecified atom stereocenters. The van der Waals surface area contributed by atoms with Crippen LogP contribution < -0.4 is 10.6 Å². The molecule has 2 N–H and O–H groups in total. The second-order valence-electron chi connectivity index (χ2n) is 5.65. The van der Waals surface area contributed by atoms with Gasteiger partial charge in [0.25, 0.3) is 17.5 Å². The van der Waals surface area contributed by atoms with Crippen LogP contribution in [0, 0.1) is 10.1 Å². The van der Waals surface area contributed by atoms with Gasteiger partial charge in [0.05, 0.1) is 21.1 Å². The van der Waals surface area contributed by atoms with Crippen LogP contribution in [0.4, 0.5) is 11.4 Å². The fourth-order valence-corrected chi connectivity index (χ4v) is 3.97. The van der Waals surface area contributed by atoms with Gasteiger partial charge in [-0.3, -0.25) is 24.6 Å². The highest BCUT2D eigenvalue weighted by molar-refractivity contribution is 8.27. The molecule has 0 bridgehead atoms. The fourth-order valence-electron chi connectivity index (χ4n) is 2.65. The zero-order valence-electron chi connectivity index (χ0n) is 14.0. The number of thioether (sulfide) groups is 1. The summed E-state index contributed by atoms with van der Waals surface area (Å²) in [5.41, 5.74) is 7.21. The van der Waals surface area contributed by atoms with Crippen LogP contribution in [0.3, 0.4) is 0 Å². The molecule has 0 saturated carbocycles. The van der Waals surface area contributed by atoms with Gasteiger partial charge in [-0.2, -0.15) is 0 Å². The van der Waals surface area contributed by atoms with Gasteiger partial charge in [-0.15, -0.1) is 0 Å². The Hall–Kier alpha value is -3.04. The number of amides is 2. The number of nitrogens with zero attached hydrogens (tertiary/aromatic N) is 2. The summed E-state index contributed by atoms with van der Waals surface area (Å²) in [6.07, 6.45) is 0. The Morgan fingerprint density at radius 2 is 1.81 bits per heavy atom. The molecule has 2 amide bonds. The van der Waals surface area contributed by atoms with E-state index in [9.17, 15) is 19.7 Å². The van der Waals surface area contributed by atoms with Crippen molar-refractivity contribution in [1.29, 1.82) is 0 Å². The normalized spacial score (nSPS) is 15.8. The van der Waals surface area contributed by atoms with Crippen LogP contribution in [0.2, 0.25) is 0 Å². The van der Waals surface area contributed by atoms with E-state index in [4.69, 9.17) is 18.0 Å². The molecule has 0 radical (unpaired) electrons. The Bertz CT molecular complexity index is 1020. The Balaban J connectivity index is 2.02. The van der Waals surface area contributed by atoms with Crippen LogP contribution in [-0.4, -0.2) is 21.1 Å². The molecule has 1 aliphatic rings.